The summed E-state index contributed by atoms with van der Waals surface area (Å²) >= 11 is 0. The number of carbonyl (C=O) groups is 3. The highest BCUT2D eigenvalue weighted by Gasteiger charge is 2.14. The summed E-state index contributed by atoms with van der Waals surface area (Å²) in [6, 6.07) is 13.7. The largest absolute Gasteiger partial charge is 0.483 e. The molecule has 0 heterocycles. The van der Waals surface area contributed by atoms with E-state index in [1.165, 1.54) is 4.90 Å². The molecule has 0 aliphatic heterocycles. The number of ether oxygens (including phenoxy) is 1. The van der Waals surface area contributed by atoms with Gasteiger partial charge in [-0.25, -0.2) is 0 Å². The lowest BCUT2D eigenvalue weighted by Crippen LogP contribution is -2.28. The number of benzene rings is 2. The molecule has 0 fully saturated rings. The Morgan fingerprint density at radius 3 is 2.33 bits per heavy atom. The summed E-state index contributed by atoms with van der Waals surface area (Å²) in [5, 5.41) is 11.5. The van der Waals surface area contributed by atoms with Crippen LogP contribution in [0.3, 0.4) is 0 Å². The van der Waals surface area contributed by atoms with Crippen molar-refractivity contribution < 1.29 is 24.2 Å². The van der Waals surface area contributed by atoms with Crippen LogP contribution in [-0.4, -0.2) is 48.5 Å². The number of hydrogen-bond acceptors (Lipinski definition) is 4. The first-order valence-corrected chi connectivity index (χ1v) is 8.41. The van der Waals surface area contributed by atoms with Crippen molar-refractivity contribution in [2.75, 3.05) is 26.0 Å². The topological polar surface area (TPSA) is 95.9 Å². The number of nitrogens with one attached hydrogen (secondary N) is 1. The average Bonchev–Trinajstić information content (AvgIpc) is 2.65. The Bertz CT molecular complexity index is 815. The van der Waals surface area contributed by atoms with E-state index in [1.807, 2.05) is 0 Å². The van der Waals surface area contributed by atoms with E-state index in [4.69, 9.17) is 9.84 Å². The zero-order valence-corrected chi connectivity index (χ0v) is 15.3. The second-order valence-corrected chi connectivity index (χ2v) is 6.12. The van der Waals surface area contributed by atoms with E-state index in [2.05, 4.69) is 5.32 Å². The van der Waals surface area contributed by atoms with Crippen molar-refractivity contribution in [1.82, 2.24) is 4.90 Å². The van der Waals surface area contributed by atoms with Gasteiger partial charge in [0.25, 0.3) is 11.8 Å². The Morgan fingerprint density at radius 2 is 1.70 bits per heavy atom. The third-order valence-electron chi connectivity index (χ3n) is 3.82. The summed E-state index contributed by atoms with van der Waals surface area (Å²) in [6.45, 7) is -0.157. The van der Waals surface area contributed by atoms with Crippen LogP contribution in [0.15, 0.2) is 48.5 Å². The maximum absolute atomic E-state index is 12.5. The number of carboxylic acid groups (broad SMARTS) is 1. The summed E-state index contributed by atoms with van der Waals surface area (Å²) in [6.07, 6.45) is 0.488. The molecule has 0 unspecified atom stereocenters. The van der Waals surface area contributed by atoms with Crippen LogP contribution in [0.2, 0.25) is 0 Å². The number of nitrogens with zero attached hydrogens (tertiary/aromatic N) is 1. The van der Waals surface area contributed by atoms with Gasteiger partial charge in [0.15, 0.2) is 6.61 Å². The Balaban J connectivity index is 2.03. The molecule has 0 aliphatic carbocycles. The SMILES string of the molecule is CN(C)C(=O)COc1ccccc1C(=O)Nc1ccc(CCC(=O)O)cc1. The van der Waals surface area contributed by atoms with Gasteiger partial charge in [0.2, 0.25) is 0 Å². The van der Waals surface area contributed by atoms with Gasteiger partial charge in [-0.3, -0.25) is 14.4 Å². The number of para-hydroxylation sites is 1. The van der Waals surface area contributed by atoms with Crippen LogP contribution in [-0.2, 0) is 16.0 Å². The van der Waals surface area contributed by atoms with Crippen LogP contribution in [0.25, 0.3) is 0 Å². The lowest BCUT2D eigenvalue weighted by molar-refractivity contribution is -0.137. The fourth-order valence-corrected chi connectivity index (χ4v) is 2.25. The molecule has 0 saturated carbocycles. The van der Waals surface area contributed by atoms with Gasteiger partial charge in [0, 0.05) is 26.2 Å². The number of carboxylic acids is 1. The molecule has 0 radical (unpaired) electrons. The van der Waals surface area contributed by atoms with Crippen molar-refractivity contribution in [2.24, 2.45) is 0 Å². The van der Waals surface area contributed by atoms with Crippen molar-refractivity contribution in [3.8, 4) is 5.75 Å². The molecular formula is C20H22N2O5. The summed E-state index contributed by atoms with van der Waals surface area (Å²) in [5.74, 6) is -1.09. The molecule has 7 heteroatoms. The maximum atomic E-state index is 12.5. The minimum atomic E-state index is -0.850. The zero-order valence-electron chi connectivity index (χ0n) is 15.3. The minimum absolute atomic E-state index is 0.0576. The summed E-state index contributed by atoms with van der Waals surface area (Å²) < 4.78 is 5.48. The maximum Gasteiger partial charge on any atom is 0.303 e. The molecular weight excluding hydrogens is 348 g/mol. The van der Waals surface area contributed by atoms with E-state index < -0.39 is 5.97 Å². The van der Waals surface area contributed by atoms with E-state index in [9.17, 15) is 14.4 Å². The molecule has 7 nitrogen and oxygen atoms in total. The van der Waals surface area contributed by atoms with Crippen LogP contribution in [0.4, 0.5) is 5.69 Å². The van der Waals surface area contributed by atoms with Gasteiger partial charge in [-0.2, -0.15) is 0 Å². The Morgan fingerprint density at radius 1 is 1.04 bits per heavy atom. The zero-order chi connectivity index (χ0) is 19.8. The Hall–Kier alpha value is -3.35. The average molecular weight is 370 g/mol. The number of aliphatic carboxylic acids is 1. The predicted octanol–water partition coefficient (Wildman–Crippen LogP) is 2.42. The van der Waals surface area contributed by atoms with Crippen molar-refractivity contribution in [1.29, 1.82) is 0 Å². The van der Waals surface area contributed by atoms with Gasteiger partial charge in [0.1, 0.15) is 5.75 Å². The predicted molar refractivity (Wildman–Crippen MR) is 101 cm³/mol. The van der Waals surface area contributed by atoms with Gasteiger partial charge < -0.3 is 20.1 Å². The molecule has 2 aromatic carbocycles. The van der Waals surface area contributed by atoms with Gasteiger partial charge >= 0.3 is 5.97 Å². The third kappa shape index (κ3) is 6.14. The van der Waals surface area contributed by atoms with E-state index >= 15 is 0 Å². The van der Waals surface area contributed by atoms with Gasteiger partial charge in [0.05, 0.1) is 5.56 Å². The number of hydrogen-bond donors (Lipinski definition) is 2. The molecule has 2 aromatic rings. The van der Waals surface area contributed by atoms with E-state index in [0.29, 0.717) is 23.4 Å². The van der Waals surface area contributed by atoms with Crippen LogP contribution < -0.4 is 10.1 Å². The molecule has 0 spiro atoms. The highest BCUT2D eigenvalue weighted by Crippen LogP contribution is 2.20. The molecule has 2 rings (SSSR count). The normalized spacial score (nSPS) is 10.1. The fourth-order valence-electron chi connectivity index (χ4n) is 2.25. The molecule has 0 saturated heterocycles. The molecule has 2 amide bonds. The van der Waals surface area contributed by atoms with Crippen molar-refractivity contribution in [3.05, 3.63) is 59.7 Å². The highest BCUT2D eigenvalue weighted by atomic mass is 16.5. The second kappa shape index (κ2) is 9.38. The number of carbonyl (C=O) groups excluding carboxylic acids is 2. The van der Waals surface area contributed by atoms with Crippen molar-refractivity contribution >= 4 is 23.5 Å². The van der Waals surface area contributed by atoms with Crippen LogP contribution in [0.5, 0.6) is 5.75 Å². The molecule has 0 aromatic heterocycles. The van der Waals surface area contributed by atoms with E-state index in [0.717, 1.165) is 5.56 Å². The second-order valence-electron chi connectivity index (χ2n) is 6.12. The standard InChI is InChI=1S/C20H22N2O5/c1-22(2)18(23)13-27-17-6-4-3-5-16(17)20(26)21-15-10-7-14(8-11-15)9-12-19(24)25/h3-8,10-11H,9,12-13H2,1-2H3,(H,21,26)(H,24,25). The lowest BCUT2D eigenvalue weighted by Gasteiger charge is -2.14. The fraction of sp³-hybridized carbons (Fsp3) is 0.250. The van der Waals surface area contributed by atoms with Crippen molar-refractivity contribution in [2.45, 2.75) is 12.8 Å². The Labute approximate surface area is 157 Å². The number of amides is 2. The van der Waals surface area contributed by atoms with E-state index in [1.54, 1.807) is 62.6 Å². The monoisotopic (exact) mass is 370 g/mol. The summed E-state index contributed by atoms with van der Waals surface area (Å²) in [7, 11) is 3.26. The number of aryl methyl sites for hydroxylation is 1. The van der Waals surface area contributed by atoms with Gasteiger partial charge in [-0.05, 0) is 36.2 Å². The lowest BCUT2D eigenvalue weighted by atomic mass is 10.1. The minimum Gasteiger partial charge on any atom is -0.483 e. The molecule has 27 heavy (non-hydrogen) atoms. The van der Waals surface area contributed by atoms with Gasteiger partial charge in [-0.1, -0.05) is 24.3 Å². The molecule has 142 valence electrons. The first-order chi connectivity index (χ1) is 12.9. The van der Waals surface area contributed by atoms with Crippen LogP contribution in [0.1, 0.15) is 22.3 Å². The third-order valence-corrected chi connectivity index (χ3v) is 3.82. The first kappa shape index (κ1) is 20.0. The van der Waals surface area contributed by atoms with Crippen LogP contribution in [0, 0.1) is 0 Å². The Kier molecular flexibility index (Phi) is 6.93. The number of anilines is 1. The molecule has 2 N–H and O–H groups in total. The molecule has 0 aliphatic rings. The number of likely N-dealkylation sites (N-methyl/N-ethyl adjacent to an activating group) is 1. The smallest absolute Gasteiger partial charge is 0.303 e. The number of rotatable bonds is 8. The van der Waals surface area contributed by atoms with Crippen molar-refractivity contribution in [3.63, 3.8) is 0 Å². The first-order valence-electron chi connectivity index (χ1n) is 8.41. The van der Waals surface area contributed by atoms with E-state index in [-0.39, 0.29) is 24.8 Å². The quantitative estimate of drug-likeness (QED) is 0.744. The van der Waals surface area contributed by atoms with Crippen LogP contribution >= 0.6 is 0 Å². The molecule has 0 atom stereocenters. The van der Waals surface area contributed by atoms with Gasteiger partial charge in [-0.15, -0.1) is 0 Å². The summed E-state index contributed by atoms with van der Waals surface area (Å²) in [5.41, 5.74) is 1.78. The molecule has 0 bridgehead atoms. The summed E-state index contributed by atoms with van der Waals surface area (Å²) in [4.78, 5) is 36.3. The highest BCUT2D eigenvalue weighted by molar-refractivity contribution is 6.06.